The van der Waals surface area contributed by atoms with Crippen molar-refractivity contribution in [2.75, 3.05) is 14.2 Å². The molecule has 0 saturated heterocycles. The van der Waals surface area contributed by atoms with Gasteiger partial charge in [0, 0.05) is 11.7 Å². The van der Waals surface area contributed by atoms with E-state index in [0.717, 1.165) is 16.3 Å². The van der Waals surface area contributed by atoms with Crippen LogP contribution in [0.2, 0.25) is 0 Å². The van der Waals surface area contributed by atoms with Gasteiger partial charge >= 0.3 is 5.97 Å². The van der Waals surface area contributed by atoms with Gasteiger partial charge in [-0.05, 0) is 34.0 Å². The number of allylic oxidation sites excluding steroid dienone is 1. The van der Waals surface area contributed by atoms with Crippen LogP contribution in [0.1, 0.15) is 17.0 Å². The molecule has 0 aromatic heterocycles. The molecule has 0 fully saturated rings. The number of nitriles is 1. The first-order chi connectivity index (χ1) is 16.0. The van der Waals surface area contributed by atoms with Gasteiger partial charge in [-0.25, -0.2) is 0 Å². The monoisotopic (exact) mass is 458 g/mol. The van der Waals surface area contributed by atoms with E-state index in [9.17, 15) is 14.9 Å². The molecule has 7 heteroatoms. The van der Waals surface area contributed by atoms with Gasteiger partial charge in [-0.15, -0.1) is 11.8 Å². The number of esters is 1. The molecule has 0 unspecified atom stereocenters. The molecule has 3 aromatic rings. The summed E-state index contributed by atoms with van der Waals surface area (Å²) in [5.41, 5.74) is 2.07. The number of methoxy groups -OCH3 is 2. The Morgan fingerprint density at radius 2 is 1.79 bits per heavy atom. The number of carbonyl (C=O) groups is 2. The fraction of sp³-hybridized carbons (Fsp3) is 0.192. The molecule has 166 valence electrons. The Morgan fingerprint density at radius 3 is 2.45 bits per heavy atom. The zero-order valence-corrected chi connectivity index (χ0v) is 19.0. The normalized spacial score (nSPS) is 17.9. The maximum Gasteiger partial charge on any atom is 0.319 e. The number of rotatable bonds is 6. The predicted octanol–water partition coefficient (Wildman–Crippen LogP) is 4.52. The Balaban J connectivity index is 1.69. The summed E-state index contributed by atoms with van der Waals surface area (Å²) in [6, 6.07) is 23.5. The summed E-state index contributed by atoms with van der Waals surface area (Å²) in [4.78, 5) is 25.5. The number of ether oxygens (including phenoxy) is 2. The van der Waals surface area contributed by atoms with Gasteiger partial charge in [-0.3, -0.25) is 9.59 Å². The van der Waals surface area contributed by atoms with Crippen LogP contribution in [0.5, 0.6) is 5.75 Å². The van der Waals surface area contributed by atoms with Crippen LogP contribution in [-0.4, -0.2) is 26.1 Å². The average molecular weight is 459 g/mol. The summed E-state index contributed by atoms with van der Waals surface area (Å²) in [7, 11) is 2.79. The first-order valence-corrected chi connectivity index (χ1v) is 11.3. The lowest BCUT2D eigenvalue weighted by atomic mass is 9.78. The highest BCUT2D eigenvalue weighted by Crippen LogP contribution is 2.41. The van der Waals surface area contributed by atoms with Crippen LogP contribution in [0.25, 0.3) is 10.8 Å². The number of benzene rings is 3. The molecule has 33 heavy (non-hydrogen) atoms. The van der Waals surface area contributed by atoms with Crippen molar-refractivity contribution in [1.82, 2.24) is 5.32 Å². The minimum absolute atomic E-state index is 0.334. The molecule has 1 aliphatic heterocycles. The SMILES string of the molecule is COC(=O)[C@H]1C(=O)NC(SCc2ccc3ccccc3c2)=C(C#N)[C@H]1c1ccc(OC)cc1. The zero-order valence-electron chi connectivity index (χ0n) is 18.2. The van der Waals surface area contributed by atoms with Gasteiger partial charge in [0.05, 0.1) is 30.9 Å². The number of carbonyl (C=O) groups excluding carboxylic acids is 2. The van der Waals surface area contributed by atoms with E-state index in [0.29, 0.717) is 27.7 Å². The van der Waals surface area contributed by atoms with Crippen LogP contribution in [0, 0.1) is 17.2 Å². The first kappa shape index (κ1) is 22.4. The summed E-state index contributed by atoms with van der Waals surface area (Å²) < 4.78 is 10.1. The third kappa shape index (κ3) is 4.57. The molecule has 4 rings (SSSR count). The van der Waals surface area contributed by atoms with Crippen molar-refractivity contribution >= 4 is 34.4 Å². The van der Waals surface area contributed by atoms with Gasteiger partial charge in [-0.1, -0.05) is 54.6 Å². The van der Waals surface area contributed by atoms with E-state index in [-0.39, 0.29) is 0 Å². The van der Waals surface area contributed by atoms with E-state index in [2.05, 4.69) is 29.6 Å². The van der Waals surface area contributed by atoms with Crippen molar-refractivity contribution in [3.8, 4) is 11.8 Å². The quantitative estimate of drug-likeness (QED) is 0.432. The van der Waals surface area contributed by atoms with Crippen molar-refractivity contribution in [3.63, 3.8) is 0 Å². The highest BCUT2D eigenvalue weighted by atomic mass is 32.2. The van der Waals surface area contributed by atoms with Crippen molar-refractivity contribution in [2.45, 2.75) is 11.7 Å². The highest BCUT2D eigenvalue weighted by molar-refractivity contribution is 8.02. The molecule has 0 radical (unpaired) electrons. The number of hydrogen-bond donors (Lipinski definition) is 1. The molecule has 1 aliphatic rings. The summed E-state index contributed by atoms with van der Waals surface area (Å²) in [6.45, 7) is 0. The highest BCUT2D eigenvalue weighted by Gasteiger charge is 2.44. The molecule has 0 aliphatic carbocycles. The number of hydrogen-bond acceptors (Lipinski definition) is 6. The van der Waals surface area contributed by atoms with Gasteiger partial charge < -0.3 is 14.8 Å². The Hall–Kier alpha value is -3.76. The molecule has 1 N–H and O–H groups in total. The summed E-state index contributed by atoms with van der Waals surface area (Å²) in [5.74, 6) is -1.86. The maximum atomic E-state index is 13.0. The number of amides is 1. The van der Waals surface area contributed by atoms with Crippen molar-refractivity contribution in [2.24, 2.45) is 5.92 Å². The van der Waals surface area contributed by atoms with Crippen molar-refractivity contribution < 1.29 is 19.1 Å². The van der Waals surface area contributed by atoms with Gasteiger partial charge in [0.25, 0.3) is 0 Å². The Labute approximate surface area is 196 Å². The third-order valence-electron chi connectivity index (χ3n) is 5.66. The van der Waals surface area contributed by atoms with Crippen molar-refractivity contribution in [3.05, 3.63) is 88.5 Å². The zero-order chi connectivity index (χ0) is 23.4. The second-order valence-electron chi connectivity index (χ2n) is 7.57. The molecule has 6 nitrogen and oxygen atoms in total. The van der Waals surface area contributed by atoms with E-state index < -0.39 is 23.7 Å². The standard InChI is InChI=1S/C26H22N2O4S/c1-31-20-11-9-18(10-12-20)22-21(14-27)25(28-24(29)23(22)26(30)32-2)33-15-16-7-8-17-5-3-4-6-19(17)13-16/h3-13,22-23H,15H2,1-2H3,(H,28,29)/t22-,23-/m1/s1. The second-order valence-corrected chi connectivity index (χ2v) is 8.55. The van der Waals surface area contributed by atoms with Gasteiger partial charge in [-0.2, -0.15) is 5.26 Å². The van der Waals surface area contributed by atoms with E-state index >= 15 is 0 Å². The molecular weight excluding hydrogens is 436 g/mol. The lowest BCUT2D eigenvalue weighted by Crippen LogP contribution is -2.44. The van der Waals surface area contributed by atoms with Crippen LogP contribution in [0.4, 0.5) is 0 Å². The molecule has 3 aromatic carbocycles. The maximum absolute atomic E-state index is 13.0. The lowest BCUT2D eigenvalue weighted by Gasteiger charge is -2.31. The fourth-order valence-corrected chi connectivity index (χ4v) is 4.97. The summed E-state index contributed by atoms with van der Waals surface area (Å²) in [5, 5.41) is 15.5. The van der Waals surface area contributed by atoms with Crippen LogP contribution < -0.4 is 10.1 Å². The summed E-state index contributed by atoms with van der Waals surface area (Å²) in [6.07, 6.45) is 0. The summed E-state index contributed by atoms with van der Waals surface area (Å²) >= 11 is 1.37. The second kappa shape index (κ2) is 9.80. The smallest absolute Gasteiger partial charge is 0.319 e. The van der Waals surface area contributed by atoms with Crippen LogP contribution in [-0.2, 0) is 20.1 Å². The van der Waals surface area contributed by atoms with Gasteiger partial charge in [0.1, 0.15) is 11.7 Å². The van der Waals surface area contributed by atoms with Gasteiger partial charge in [0.15, 0.2) is 0 Å². The Kier molecular flexibility index (Phi) is 6.66. The Bertz CT molecular complexity index is 1280. The molecule has 1 heterocycles. The minimum atomic E-state index is -1.15. The number of nitrogens with zero attached hydrogens (tertiary/aromatic N) is 1. The minimum Gasteiger partial charge on any atom is -0.497 e. The van der Waals surface area contributed by atoms with E-state index in [1.165, 1.54) is 18.9 Å². The average Bonchev–Trinajstić information content (AvgIpc) is 2.86. The van der Waals surface area contributed by atoms with E-state index in [1.54, 1.807) is 31.4 Å². The Morgan fingerprint density at radius 1 is 1.06 bits per heavy atom. The van der Waals surface area contributed by atoms with Crippen LogP contribution in [0.15, 0.2) is 77.3 Å². The fourth-order valence-electron chi connectivity index (χ4n) is 3.97. The lowest BCUT2D eigenvalue weighted by molar-refractivity contribution is -0.150. The van der Waals surface area contributed by atoms with Crippen LogP contribution in [0.3, 0.4) is 0 Å². The largest absolute Gasteiger partial charge is 0.497 e. The first-order valence-electron chi connectivity index (χ1n) is 10.3. The van der Waals surface area contributed by atoms with E-state index in [1.807, 2.05) is 24.3 Å². The topological polar surface area (TPSA) is 88.4 Å². The molecule has 0 saturated carbocycles. The third-order valence-corrected chi connectivity index (χ3v) is 6.74. The molecule has 0 spiro atoms. The van der Waals surface area contributed by atoms with E-state index in [4.69, 9.17) is 9.47 Å². The number of thioether (sulfide) groups is 1. The van der Waals surface area contributed by atoms with Gasteiger partial charge in [0.2, 0.25) is 5.91 Å². The van der Waals surface area contributed by atoms with Crippen LogP contribution >= 0.6 is 11.8 Å². The molecular formula is C26H22N2O4S. The number of nitrogens with one attached hydrogen (secondary N) is 1. The molecule has 0 bridgehead atoms. The number of fused-ring (bicyclic) bond motifs is 1. The molecule has 1 amide bonds. The molecule has 2 atom stereocenters. The van der Waals surface area contributed by atoms with Crippen molar-refractivity contribution in [1.29, 1.82) is 5.26 Å². The predicted molar refractivity (Wildman–Crippen MR) is 127 cm³/mol.